The number of Topliss-reactive ketones (excluding diaryl/α,β-unsaturated/α-hetero) is 1. The van der Waals surface area contributed by atoms with Crippen molar-refractivity contribution in [1.82, 2.24) is 50.6 Å². The number of unbranched alkanes of at least 4 members (excludes halogenated alkanes) is 7. The first-order chi connectivity index (χ1) is 68.3. The highest BCUT2D eigenvalue weighted by Gasteiger charge is 2.48. The second kappa shape index (κ2) is 46.6. The van der Waals surface area contributed by atoms with Crippen molar-refractivity contribution in [2.24, 2.45) is 5.73 Å². The van der Waals surface area contributed by atoms with Gasteiger partial charge >= 0.3 is 5.97 Å². The summed E-state index contributed by atoms with van der Waals surface area (Å²) in [6.45, 7) is 10.5. The maximum atomic E-state index is 14.0. The fourth-order valence-corrected chi connectivity index (χ4v) is 19.2. The topological polar surface area (TPSA) is 443 Å². The molecule has 0 spiro atoms. The predicted octanol–water partition coefficient (Wildman–Crippen LogP) is 12.3. The molecule has 6 fully saturated rings. The molecule has 10 amide bonds. The van der Waals surface area contributed by atoms with Gasteiger partial charge in [-0.25, -0.2) is 17.6 Å². The second-order valence-corrected chi connectivity index (χ2v) is 36.6. The van der Waals surface area contributed by atoms with Gasteiger partial charge in [0.15, 0.2) is 11.6 Å². The third-order valence-corrected chi connectivity index (χ3v) is 26.6. The molecular formula is C103H115F4N19O15. The summed E-state index contributed by atoms with van der Waals surface area (Å²) in [7, 11) is 0. The number of benzene rings is 8. The van der Waals surface area contributed by atoms with Crippen molar-refractivity contribution in [3.05, 3.63) is 224 Å². The highest BCUT2D eigenvalue weighted by molar-refractivity contribution is 6.27. The number of nitrogens with one attached hydrogen (secondary N) is 10. The van der Waals surface area contributed by atoms with Crippen LogP contribution < -0.4 is 58.1 Å². The van der Waals surface area contributed by atoms with Crippen LogP contribution in [0.4, 0.5) is 63.3 Å². The molecule has 740 valence electrons. The molecule has 13 N–H and O–H groups in total. The Bertz CT molecular complexity index is 6310. The maximum Gasteiger partial charge on any atom is 0.317 e. The number of aromatic amines is 2. The number of rotatable bonds is 36. The number of H-pyrrole nitrogens is 2. The summed E-state index contributed by atoms with van der Waals surface area (Å²) in [5.41, 5.74) is 16.0. The lowest BCUT2D eigenvalue weighted by Crippen LogP contribution is -2.54. The highest BCUT2D eigenvalue weighted by Crippen LogP contribution is 2.38. The number of aromatic nitrogens is 4. The van der Waals surface area contributed by atoms with E-state index < -0.39 is 82.7 Å². The molecule has 8 aliphatic heterocycles. The van der Waals surface area contributed by atoms with Crippen molar-refractivity contribution in [2.75, 3.05) is 153 Å². The summed E-state index contributed by atoms with van der Waals surface area (Å²) < 4.78 is 66.4. The molecule has 34 nitrogen and oxygen atoms in total. The molecule has 6 saturated heterocycles. The molecular weight excluding hydrogens is 1820 g/mol. The van der Waals surface area contributed by atoms with E-state index >= 15 is 0 Å². The molecule has 2 atom stereocenters. The second-order valence-electron chi connectivity index (χ2n) is 36.6. The fourth-order valence-electron chi connectivity index (χ4n) is 19.2. The van der Waals surface area contributed by atoms with Crippen molar-refractivity contribution in [1.29, 1.82) is 0 Å². The summed E-state index contributed by atoms with van der Waals surface area (Å²) in [6, 6.07) is 37.9. The summed E-state index contributed by atoms with van der Waals surface area (Å²) in [6.07, 6.45) is 13.3. The number of carbonyl (C=O) groups excluding carboxylic acids is 11. The smallest absolute Gasteiger partial charge is 0.317 e. The van der Waals surface area contributed by atoms with Crippen molar-refractivity contribution < 1.29 is 89.7 Å². The first-order valence-electron chi connectivity index (χ1n) is 48.3. The minimum Gasteiger partial charge on any atom is -0.480 e. The lowest BCUT2D eigenvalue weighted by Gasteiger charge is -2.36. The molecule has 0 saturated carbocycles. The van der Waals surface area contributed by atoms with E-state index in [1.807, 2.05) is 71.6 Å². The highest BCUT2D eigenvalue weighted by atomic mass is 19.1. The van der Waals surface area contributed by atoms with Crippen LogP contribution in [0.15, 0.2) is 146 Å². The third kappa shape index (κ3) is 25.1. The number of carbonyl (C=O) groups is 12. The molecule has 2 unspecified atom stereocenters. The number of carboxylic acid groups (broad SMARTS) is 1. The number of nitrogens with two attached hydrogens (primary N) is 1. The number of carboxylic acids is 1. The molecule has 10 heterocycles. The van der Waals surface area contributed by atoms with Gasteiger partial charge in [0.2, 0.25) is 23.6 Å². The standard InChI is InChI=1S/C52H57F2N9O7.C32H34F2N6O4.C19H24N4O4/c53-34-26-33(27-35(54)29-34)25-32-10-13-42-41(28-32)48(60-59-42)58-49(66)39-12-11-37(30-44(39)56-36-16-23-70-24-17-36)62-21-19-61(20-22-62)31-38(64)7-4-2-1-3-5-18-55-43-9-6-8-40-47(43)52(69)63(51(40)68)45-14-15-46(65)57-50(45)67;33-22-14-21(15-23(34)17-22)13-20-1-4-28-27(16-20)31(38-37-28)36-32(43)26-3-2-25(18-29(26)35-24-5-11-44-12-6-24)40-9-7-39(8-10-40)19-30(41)42;20-10-3-1-2-4-11-21-13-7-5-6-12-16(13)19(27)23(18(12)26)14-8-9-15(24)22-17(14)25/h6,8-13,26-30,36,45,55-56H,1-5,7,14-25,31H2,(H,57,65,67)(H2,58,59,60,66);1-4,14-18,24,35H,5-13,19H2,(H,41,42)(H2,36,37,38,43);5-7,14,21H,1-4,8-11,20H2,(H,22,24,25). The zero-order valence-electron chi connectivity index (χ0n) is 78.2. The van der Waals surface area contributed by atoms with Gasteiger partial charge in [-0.2, -0.15) is 10.2 Å². The van der Waals surface area contributed by atoms with Gasteiger partial charge < -0.3 is 62.0 Å². The summed E-state index contributed by atoms with van der Waals surface area (Å²) >= 11 is 0. The monoisotopic (exact) mass is 1930 g/mol. The maximum absolute atomic E-state index is 14.0. The summed E-state index contributed by atoms with van der Waals surface area (Å²) in [5, 5.41) is 49.2. The number of piperidine rings is 2. The number of amides is 10. The van der Waals surface area contributed by atoms with Gasteiger partial charge in [-0.05, 0) is 215 Å². The number of ketones is 1. The Hall–Kier alpha value is -14.3. The van der Waals surface area contributed by atoms with E-state index in [1.54, 1.807) is 42.5 Å². The SMILES string of the molecule is NCCCCCCNc1cccc2c1C(=O)N(C1CCC(=O)NC1=O)C2=O.O=C(CCCCCCCNc1cccc2c1C(=O)N(C1CCC(=O)NC1=O)C2=O)CN1CCN(c2ccc(C(=O)Nc3n[nH]c4ccc(Cc5cc(F)cc(F)c5)cc34)c(NC3CCOCC3)c2)CC1.O=C(O)CN1CCN(c2ccc(C(=O)Nc3n[nH]c4ccc(Cc5cc(F)cc(F)c5)cc34)c(NC3CCOCC3)c2)CC1. The molecule has 0 aliphatic carbocycles. The molecule has 10 aromatic rings. The van der Waals surface area contributed by atoms with Crippen LogP contribution in [0.5, 0.6) is 0 Å². The van der Waals surface area contributed by atoms with Crippen LogP contribution in [0.3, 0.4) is 0 Å². The normalized spacial score (nSPS) is 17.6. The lowest BCUT2D eigenvalue weighted by molar-refractivity contribution is -0.139. The van der Waals surface area contributed by atoms with Crippen LogP contribution in [-0.4, -0.2) is 252 Å². The fraction of sp³-hybridized carbons (Fsp3) is 0.398. The minimum absolute atomic E-state index is 0.0240. The van der Waals surface area contributed by atoms with Gasteiger partial charge in [0.25, 0.3) is 35.4 Å². The zero-order valence-corrected chi connectivity index (χ0v) is 78.2. The van der Waals surface area contributed by atoms with E-state index in [4.69, 9.17) is 20.3 Å². The number of ether oxygens (including phenoxy) is 2. The average Bonchev–Trinajstić information content (AvgIpc) is 1.61. The van der Waals surface area contributed by atoms with Crippen molar-refractivity contribution in [3.63, 3.8) is 0 Å². The van der Waals surface area contributed by atoms with E-state index in [0.29, 0.717) is 182 Å². The Morgan fingerprint density at radius 1 is 0.433 bits per heavy atom. The first-order valence-corrected chi connectivity index (χ1v) is 48.3. The van der Waals surface area contributed by atoms with E-state index in [1.165, 1.54) is 24.3 Å². The number of hydrogen-bond donors (Lipinski definition) is 12. The molecule has 8 aliphatic rings. The van der Waals surface area contributed by atoms with Crippen molar-refractivity contribution in [3.8, 4) is 0 Å². The van der Waals surface area contributed by atoms with Gasteiger partial charge in [-0.15, -0.1) is 0 Å². The van der Waals surface area contributed by atoms with Crippen LogP contribution >= 0.6 is 0 Å². The molecule has 2 aromatic heterocycles. The number of aliphatic carboxylic acids is 1. The molecule has 38 heteroatoms. The van der Waals surface area contributed by atoms with Gasteiger partial charge in [0.1, 0.15) is 41.1 Å². The Kier molecular flexibility index (Phi) is 33.0. The van der Waals surface area contributed by atoms with Crippen molar-refractivity contribution in [2.45, 2.75) is 153 Å². The van der Waals surface area contributed by atoms with Crippen LogP contribution in [0.1, 0.15) is 200 Å². The molecule has 0 radical (unpaired) electrons. The van der Waals surface area contributed by atoms with E-state index in [9.17, 15) is 75.1 Å². The van der Waals surface area contributed by atoms with Gasteiger partial charge in [-0.3, -0.25) is 98.0 Å². The number of imide groups is 4. The Morgan fingerprint density at radius 2 is 0.844 bits per heavy atom. The first kappa shape index (κ1) is 99.7. The zero-order chi connectivity index (χ0) is 98.7. The van der Waals surface area contributed by atoms with Crippen LogP contribution in [0, 0.1) is 23.3 Å². The Morgan fingerprint density at radius 3 is 1.26 bits per heavy atom. The third-order valence-electron chi connectivity index (χ3n) is 26.6. The van der Waals surface area contributed by atoms with Crippen LogP contribution in [0.2, 0.25) is 0 Å². The van der Waals surface area contributed by atoms with Crippen LogP contribution in [0.25, 0.3) is 21.8 Å². The number of hydrogen-bond acceptors (Lipinski definition) is 25. The number of halogens is 4. The van der Waals surface area contributed by atoms with Crippen LogP contribution in [-0.2, 0) is 51.1 Å². The lowest BCUT2D eigenvalue weighted by atomic mass is 10.0. The predicted molar refractivity (Wildman–Crippen MR) is 523 cm³/mol. The van der Waals surface area contributed by atoms with E-state index in [-0.39, 0.29) is 84.5 Å². The quantitative estimate of drug-likeness (QED) is 0.00985. The number of piperazine rings is 2. The Balaban J connectivity index is 0.000000171. The van der Waals surface area contributed by atoms with Crippen molar-refractivity contribution >= 4 is 138 Å². The van der Waals surface area contributed by atoms with E-state index in [0.717, 1.165) is 154 Å². The molecule has 8 aromatic carbocycles. The molecule has 141 heavy (non-hydrogen) atoms. The summed E-state index contributed by atoms with van der Waals surface area (Å²) in [5.74, 6) is -7.20. The van der Waals surface area contributed by atoms with Gasteiger partial charge in [0.05, 0.1) is 57.5 Å². The molecule has 0 bridgehead atoms. The largest absolute Gasteiger partial charge is 0.480 e. The van der Waals surface area contributed by atoms with Gasteiger partial charge in [0, 0.05) is 180 Å². The molecule has 18 rings (SSSR count). The van der Waals surface area contributed by atoms with E-state index in [2.05, 4.69) is 77.6 Å². The average molecular weight is 1940 g/mol. The van der Waals surface area contributed by atoms with Gasteiger partial charge in [-0.1, -0.05) is 56.4 Å². The minimum atomic E-state index is -1.01. The Labute approximate surface area is 810 Å². The number of anilines is 8. The number of fused-ring (bicyclic) bond motifs is 4. The summed E-state index contributed by atoms with van der Waals surface area (Å²) in [4.78, 5) is 162. The number of nitrogens with zero attached hydrogens (tertiary/aromatic N) is 8.